The van der Waals surface area contributed by atoms with Gasteiger partial charge in [0.25, 0.3) is 0 Å². The highest BCUT2D eigenvalue weighted by atomic mass is 19.4. The van der Waals surface area contributed by atoms with Gasteiger partial charge in [-0.05, 0) is 18.2 Å². The van der Waals surface area contributed by atoms with Gasteiger partial charge in [-0.25, -0.2) is 9.97 Å². The number of nitro groups is 1. The van der Waals surface area contributed by atoms with Gasteiger partial charge in [0.2, 0.25) is 11.6 Å². The van der Waals surface area contributed by atoms with Gasteiger partial charge in [-0.15, -0.1) is 0 Å². The summed E-state index contributed by atoms with van der Waals surface area (Å²) in [6.07, 6.45) is -3.44. The first-order valence-electron chi connectivity index (χ1n) is 8.44. The molecule has 9 nitrogen and oxygen atoms in total. The van der Waals surface area contributed by atoms with Gasteiger partial charge in [0.1, 0.15) is 6.33 Å². The summed E-state index contributed by atoms with van der Waals surface area (Å²) in [6, 6.07) is 4.30. The molecule has 2 aromatic rings. The van der Waals surface area contributed by atoms with E-state index in [0.717, 1.165) is 18.5 Å². The maximum atomic E-state index is 12.9. The Bertz CT molecular complexity index is 827. The molecule has 158 valence electrons. The molecule has 0 aliphatic rings. The number of anilines is 3. The summed E-state index contributed by atoms with van der Waals surface area (Å²) in [5.74, 6) is -0.215. The van der Waals surface area contributed by atoms with E-state index in [9.17, 15) is 23.3 Å². The molecular weight excluding hydrogens is 395 g/mol. The van der Waals surface area contributed by atoms with Crippen molar-refractivity contribution in [3.63, 3.8) is 0 Å². The highest BCUT2D eigenvalue weighted by Gasteiger charge is 2.31. The lowest BCUT2D eigenvalue weighted by Gasteiger charge is -2.23. The quantitative estimate of drug-likeness (QED) is 0.466. The Morgan fingerprint density at radius 2 is 1.83 bits per heavy atom. The fourth-order valence-corrected chi connectivity index (χ4v) is 2.50. The van der Waals surface area contributed by atoms with Gasteiger partial charge in [-0.3, -0.25) is 10.1 Å². The van der Waals surface area contributed by atoms with Crippen LogP contribution in [0.25, 0.3) is 0 Å². The van der Waals surface area contributed by atoms with E-state index in [1.165, 1.54) is 26.4 Å². The average Bonchev–Trinajstić information content (AvgIpc) is 2.67. The van der Waals surface area contributed by atoms with Gasteiger partial charge in [-0.1, -0.05) is 6.07 Å². The minimum atomic E-state index is -4.54. The van der Waals surface area contributed by atoms with Gasteiger partial charge in [-0.2, -0.15) is 13.2 Å². The first kappa shape index (κ1) is 22.3. The number of nitrogens with one attached hydrogen (secondary N) is 1. The number of hydrogen-bond donors (Lipinski definition) is 1. The summed E-state index contributed by atoms with van der Waals surface area (Å²) >= 11 is 0. The zero-order chi connectivity index (χ0) is 21.4. The normalized spacial score (nSPS) is 11.3. The Morgan fingerprint density at radius 3 is 2.38 bits per heavy atom. The smallest absolute Gasteiger partial charge is 0.383 e. The van der Waals surface area contributed by atoms with Crippen molar-refractivity contribution in [3.05, 3.63) is 46.3 Å². The van der Waals surface area contributed by atoms with Crippen LogP contribution in [0.5, 0.6) is 0 Å². The molecule has 1 N–H and O–H groups in total. The molecule has 29 heavy (non-hydrogen) atoms. The number of alkyl halides is 3. The molecule has 0 fully saturated rings. The maximum Gasteiger partial charge on any atom is 0.416 e. The van der Waals surface area contributed by atoms with Crippen molar-refractivity contribution in [2.45, 2.75) is 6.18 Å². The van der Waals surface area contributed by atoms with Crippen molar-refractivity contribution in [2.24, 2.45) is 0 Å². The van der Waals surface area contributed by atoms with Crippen LogP contribution in [0.15, 0.2) is 30.6 Å². The monoisotopic (exact) mass is 415 g/mol. The number of benzene rings is 1. The average molecular weight is 415 g/mol. The van der Waals surface area contributed by atoms with Crippen LogP contribution < -0.4 is 10.2 Å². The van der Waals surface area contributed by atoms with Crippen molar-refractivity contribution < 1.29 is 27.6 Å². The lowest BCUT2D eigenvalue weighted by Crippen LogP contribution is -2.32. The largest absolute Gasteiger partial charge is 0.416 e. The zero-order valence-electron chi connectivity index (χ0n) is 15.8. The summed E-state index contributed by atoms with van der Waals surface area (Å²) in [7, 11) is 2.98. The number of ether oxygens (including phenoxy) is 2. The van der Waals surface area contributed by atoms with Gasteiger partial charge in [0.15, 0.2) is 0 Å². The number of rotatable bonds is 10. The number of methoxy groups -OCH3 is 2. The van der Waals surface area contributed by atoms with Crippen LogP contribution in [0.4, 0.5) is 36.2 Å². The summed E-state index contributed by atoms with van der Waals surface area (Å²) in [4.78, 5) is 20.5. The summed E-state index contributed by atoms with van der Waals surface area (Å²) in [5, 5.41) is 14.3. The maximum absolute atomic E-state index is 12.9. The van der Waals surface area contributed by atoms with E-state index in [2.05, 4.69) is 15.3 Å². The van der Waals surface area contributed by atoms with Crippen molar-refractivity contribution in [1.82, 2.24) is 9.97 Å². The minimum Gasteiger partial charge on any atom is -0.383 e. The van der Waals surface area contributed by atoms with E-state index in [1.54, 1.807) is 4.90 Å². The highest BCUT2D eigenvalue weighted by molar-refractivity contribution is 5.74. The molecule has 0 saturated carbocycles. The second-order valence-corrected chi connectivity index (χ2v) is 5.83. The third kappa shape index (κ3) is 5.99. The number of hydrogen-bond acceptors (Lipinski definition) is 8. The summed E-state index contributed by atoms with van der Waals surface area (Å²) in [5.41, 5.74) is -1.34. The SMILES string of the molecule is COCCN(CCOC)c1ncnc(Nc2cccc(C(F)(F)F)c2)c1[N+](=O)[O-]. The zero-order valence-corrected chi connectivity index (χ0v) is 15.8. The minimum absolute atomic E-state index is 0.00732. The summed E-state index contributed by atoms with van der Waals surface area (Å²) < 4.78 is 48.8. The molecule has 0 saturated heterocycles. The first-order valence-corrected chi connectivity index (χ1v) is 8.44. The van der Waals surface area contributed by atoms with Crippen molar-refractivity contribution >= 4 is 23.0 Å². The lowest BCUT2D eigenvalue weighted by molar-refractivity contribution is -0.383. The second kappa shape index (κ2) is 9.98. The molecule has 0 radical (unpaired) electrons. The van der Waals surface area contributed by atoms with E-state index in [1.807, 2.05) is 0 Å². The lowest BCUT2D eigenvalue weighted by atomic mass is 10.2. The molecule has 0 unspecified atom stereocenters. The van der Waals surface area contributed by atoms with E-state index in [4.69, 9.17) is 9.47 Å². The Hall–Kier alpha value is -2.99. The van der Waals surface area contributed by atoms with E-state index >= 15 is 0 Å². The highest BCUT2D eigenvalue weighted by Crippen LogP contribution is 2.35. The molecule has 0 bridgehead atoms. The predicted molar refractivity (Wildman–Crippen MR) is 99.4 cm³/mol. The molecule has 1 heterocycles. The van der Waals surface area contributed by atoms with Crippen LogP contribution in [-0.2, 0) is 15.7 Å². The molecule has 0 aliphatic carbocycles. The Morgan fingerprint density at radius 1 is 1.17 bits per heavy atom. The molecule has 1 aromatic heterocycles. The van der Waals surface area contributed by atoms with E-state index in [0.29, 0.717) is 13.1 Å². The third-order valence-corrected chi connectivity index (χ3v) is 3.87. The Kier molecular flexibility index (Phi) is 7.67. The number of halogens is 3. The standard InChI is InChI=1S/C17H20F3N5O4/c1-28-8-6-24(7-9-29-2)16-14(25(26)27)15(21-11-22-16)23-13-5-3-4-12(10-13)17(18,19)20/h3-5,10-11H,6-9H2,1-2H3,(H,21,22,23). The van der Waals surface area contributed by atoms with Gasteiger partial charge >= 0.3 is 11.9 Å². The molecule has 0 spiro atoms. The molecular formula is C17H20F3N5O4. The van der Waals surface area contributed by atoms with Crippen LogP contribution in [0, 0.1) is 10.1 Å². The molecule has 0 atom stereocenters. The summed E-state index contributed by atoms with van der Waals surface area (Å²) in [6.45, 7) is 1.14. The van der Waals surface area contributed by atoms with Crippen LogP contribution >= 0.6 is 0 Å². The van der Waals surface area contributed by atoms with Gasteiger partial charge in [0, 0.05) is 33.0 Å². The van der Waals surface area contributed by atoms with Gasteiger partial charge in [0.05, 0.1) is 23.7 Å². The van der Waals surface area contributed by atoms with E-state index < -0.39 is 22.4 Å². The van der Waals surface area contributed by atoms with Crippen molar-refractivity contribution in [2.75, 3.05) is 50.7 Å². The number of nitrogens with zero attached hydrogens (tertiary/aromatic N) is 4. The van der Waals surface area contributed by atoms with Crippen LogP contribution in [-0.4, -0.2) is 55.4 Å². The Labute approximate surface area is 164 Å². The molecule has 0 aliphatic heterocycles. The first-order chi connectivity index (χ1) is 13.8. The second-order valence-electron chi connectivity index (χ2n) is 5.83. The number of aromatic nitrogens is 2. The third-order valence-electron chi connectivity index (χ3n) is 3.87. The predicted octanol–water partition coefficient (Wildman–Crippen LogP) is 3.25. The Balaban J connectivity index is 2.43. The topological polar surface area (TPSA) is 103 Å². The van der Waals surface area contributed by atoms with Crippen LogP contribution in [0.3, 0.4) is 0 Å². The van der Waals surface area contributed by atoms with Crippen molar-refractivity contribution in [3.8, 4) is 0 Å². The molecule has 2 rings (SSSR count). The van der Waals surface area contributed by atoms with Crippen LogP contribution in [0.1, 0.15) is 5.56 Å². The van der Waals surface area contributed by atoms with E-state index in [-0.39, 0.29) is 30.5 Å². The van der Waals surface area contributed by atoms with Gasteiger partial charge < -0.3 is 19.7 Å². The fourth-order valence-electron chi connectivity index (χ4n) is 2.50. The molecule has 1 aromatic carbocycles. The molecule has 0 amide bonds. The van der Waals surface area contributed by atoms with Crippen LogP contribution in [0.2, 0.25) is 0 Å². The fraction of sp³-hybridized carbons (Fsp3) is 0.412. The molecule has 12 heteroatoms. The van der Waals surface area contributed by atoms with Crippen molar-refractivity contribution in [1.29, 1.82) is 0 Å².